The zero-order chi connectivity index (χ0) is 17.7. The van der Waals surface area contributed by atoms with Crippen molar-refractivity contribution in [2.45, 2.75) is 0 Å². The number of ether oxygens (including phenoxy) is 2. The molecule has 25 heavy (non-hydrogen) atoms. The van der Waals surface area contributed by atoms with E-state index in [0.29, 0.717) is 37.7 Å². The van der Waals surface area contributed by atoms with Gasteiger partial charge in [0.05, 0.1) is 0 Å². The lowest BCUT2D eigenvalue weighted by molar-refractivity contribution is 0.200. The highest BCUT2D eigenvalue weighted by Gasteiger charge is 2.03. The minimum Gasteiger partial charge on any atom is -0.410 e. The number of benzene rings is 2. The maximum atomic E-state index is 11.5. The summed E-state index contributed by atoms with van der Waals surface area (Å²) in [7, 11) is 0. The molecule has 0 fully saturated rings. The van der Waals surface area contributed by atoms with Crippen LogP contribution >= 0.6 is 0 Å². The van der Waals surface area contributed by atoms with Gasteiger partial charge in [-0.25, -0.2) is 9.59 Å². The summed E-state index contributed by atoms with van der Waals surface area (Å²) in [6, 6.07) is 17.7. The second kappa shape index (κ2) is 10.7. The molecule has 0 radical (unpaired) electrons. The number of hydrogen-bond donors (Lipinski definition) is 3. The van der Waals surface area contributed by atoms with Gasteiger partial charge in [-0.15, -0.1) is 0 Å². The molecule has 2 rings (SSSR count). The second-order valence-electron chi connectivity index (χ2n) is 5.01. The van der Waals surface area contributed by atoms with Crippen LogP contribution in [0.25, 0.3) is 0 Å². The van der Waals surface area contributed by atoms with E-state index >= 15 is 0 Å². The minimum atomic E-state index is -0.502. The molecule has 0 atom stereocenters. The molecule has 7 nitrogen and oxygen atoms in total. The van der Waals surface area contributed by atoms with Gasteiger partial charge in [-0.2, -0.15) is 0 Å². The fraction of sp³-hybridized carbons (Fsp3) is 0.222. The van der Waals surface area contributed by atoms with Gasteiger partial charge in [0.1, 0.15) is 11.5 Å². The molecule has 0 saturated carbocycles. The van der Waals surface area contributed by atoms with E-state index in [9.17, 15) is 9.59 Å². The van der Waals surface area contributed by atoms with Crippen LogP contribution in [-0.2, 0) is 0 Å². The summed E-state index contributed by atoms with van der Waals surface area (Å²) >= 11 is 0. The second-order valence-corrected chi connectivity index (χ2v) is 5.01. The topological polar surface area (TPSA) is 88.7 Å². The molecule has 0 aliphatic heterocycles. The van der Waals surface area contributed by atoms with E-state index in [-0.39, 0.29) is 0 Å². The van der Waals surface area contributed by atoms with Crippen LogP contribution in [-0.4, -0.2) is 38.4 Å². The number of carbonyl (C=O) groups is 2. The third-order valence-electron chi connectivity index (χ3n) is 3.05. The molecule has 0 unspecified atom stereocenters. The summed E-state index contributed by atoms with van der Waals surface area (Å²) in [4.78, 5) is 23.1. The number of rotatable bonds is 8. The third kappa shape index (κ3) is 7.85. The largest absolute Gasteiger partial charge is 0.412 e. The van der Waals surface area contributed by atoms with Crippen molar-refractivity contribution >= 4 is 12.2 Å². The zero-order valence-corrected chi connectivity index (χ0v) is 13.7. The van der Waals surface area contributed by atoms with Gasteiger partial charge in [-0.05, 0) is 24.3 Å². The third-order valence-corrected chi connectivity index (χ3v) is 3.05. The van der Waals surface area contributed by atoms with Gasteiger partial charge < -0.3 is 25.4 Å². The summed E-state index contributed by atoms with van der Waals surface area (Å²) in [5.74, 6) is 0.989. The molecule has 132 valence electrons. The van der Waals surface area contributed by atoms with Gasteiger partial charge in [0.15, 0.2) is 0 Å². The minimum absolute atomic E-state index is 0.417. The standard InChI is InChI=1S/C18H21N3O4/c22-17(24-15-7-3-1-4-8-15)20-13-11-19-12-14-21-18(23)25-16-9-5-2-6-10-16/h1-10,19H,11-14H2,(H,20,22)(H,21,23). The molecule has 0 spiro atoms. The van der Waals surface area contributed by atoms with Crippen LogP contribution < -0.4 is 25.4 Å². The maximum absolute atomic E-state index is 11.5. The van der Waals surface area contributed by atoms with E-state index < -0.39 is 12.2 Å². The summed E-state index contributed by atoms with van der Waals surface area (Å²) in [5, 5.41) is 8.34. The predicted molar refractivity (Wildman–Crippen MR) is 93.8 cm³/mol. The Morgan fingerprint density at radius 2 is 1.04 bits per heavy atom. The van der Waals surface area contributed by atoms with E-state index in [2.05, 4.69) is 16.0 Å². The molecule has 0 heterocycles. The fourth-order valence-electron chi connectivity index (χ4n) is 1.89. The number of nitrogens with one attached hydrogen (secondary N) is 3. The van der Waals surface area contributed by atoms with Crippen LogP contribution in [0.15, 0.2) is 60.7 Å². The molecule has 3 N–H and O–H groups in total. The predicted octanol–water partition coefficient (Wildman–Crippen LogP) is 2.15. The summed E-state index contributed by atoms with van der Waals surface area (Å²) in [6.45, 7) is 1.94. The van der Waals surface area contributed by atoms with Gasteiger partial charge in [-0.3, -0.25) is 0 Å². The Balaban J connectivity index is 1.46. The van der Waals surface area contributed by atoms with Crippen LogP contribution in [0, 0.1) is 0 Å². The first-order valence-corrected chi connectivity index (χ1v) is 7.96. The Morgan fingerprint density at radius 3 is 1.44 bits per heavy atom. The SMILES string of the molecule is O=C(NCCNCCNC(=O)Oc1ccccc1)Oc1ccccc1. The van der Waals surface area contributed by atoms with Crippen molar-refractivity contribution in [2.75, 3.05) is 26.2 Å². The lowest BCUT2D eigenvalue weighted by Gasteiger charge is -2.09. The normalized spacial score (nSPS) is 9.92. The molecule has 2 amide bonds. The smallest absolute Gasteiger partial charge is 0.410 e. The average Bonchev–Trinajstić information content (AvgIpc) is 2.62. The van der Waals surface area contributed by atoms with Crippen LogP contribution in [0.2, 0.25) is 0 Å². The molecule has 0 aromatic heterocycles. The van der Waals surface area contributed by atoms with E-state index in [0.717, 1.165) is 0 Å². The van der Waals surface area contributed by atoms with Gasteiger partial charge in [0.25, 0.3) is 0 Å². The summed E-state index contributed by atoms with van der Waals surface area (Å²) in [6.07, 6.45) is -1.00. The molecule has 2 aromatic carbocycles. The van der Waals surface area contributed by atoms with Crippen molar-refractivity contribution in [1.82, 2.24) is 16.0 Å². The number of para-hydroxylation sites is 2. The Hall–Kier alpha value is -3.06. The van der Waals surface area contributed by atoms with Crippen LogP contribution in [0.1, 0.15) is 0 Å². The van der Waals surface area contributed by atoms with Crippen molar-refractivity contribution in [3.8, 4) is 11.5 Å². The molecular formula is C18H21N3O4. The zero-order valence-electron chi connectivity index (χ0n) is 13.7. The van der Waals surface area contributed by atoms with Gasteiger partial charge >= 0.3 is 12.2 Å². The van der Waals surface area contributed by atoms with E-state index in [1.807, 2.05) is 12.1 Å². The first kappa shape index (κ1) is 18.3. The van der Waals surface area contributed by atoms with Crippen molar-refractivity contribution in [1.29, 1.82) is 0 Å². The number of amides is 2. The van der Waals surface area contributed by atoms with Crippen molar-refractivity contribution in [3.63, 3.8) is 0 Å². The first-order valence-electron chi connectivity index (χ1n) is 7.96. The monoisotopic (exact) mass is 343 g/mol. The van der Waals surface area contributed by atoms with Gasteiger partial charge in [0.2, 0.25) is 0 Å². The maximum Gasteiger partial charge on any atom is 0.412 e. The summed E-state index contributed by atoms with van der Waals surface area (Å²) in [5.41, 5.74) is 0. The van der Waals surface area contributed by atoms with Crippen LogP contribution in [0.5, 0.6) is 11.5 Å². The van der Waals surface area contributed by atoms with Crippen molar-refractivity contribution in [3.05, 3.63) is 60.7 Å². The number of carbonyl (C=O) groups excluding carboxylic acids is 2. The van der Waals surface area contributed by atoms with Gasteiger partial charge in [0, 0.05) is 26.2 Å². The Kier molecular flexibility index (Phi) is 7.80. The Morgan fingerprint density at radius 1 is 0.640 bits per heavy atom. The van der Waals surface area contributed by atoms with Crippen LogP contribution in [0.4, 0.5) is 9.59 Å². The molecular weight excluding hydrogens is 322 g/mol. The van der Waals surface area contributed by atoms with Crippen molar-refractivity contribution < 1.29 is 19.1 Å². The fourth-order valence-corrected chi connectivity index (χ4v) is 1.89. The molecule has 0 aliphatic rings. The van der Waals surface area contributed by atoms with E-state index in [1.54, 1.807) is 48.5 Å². The quantitative estimate of drug-likeness (QED) is 0.639. The molecule has 0 saturated heterocycles. The molecule has 0 aliphatic carbocycles. The highest BCUT2D eigenvalue weighted by Crippen LogP contribution is 2.08. The van der Waals surface area contributed by atoms with Crippen molar-refractivity contribution in [2.24, 2.45) is 0 Å². The van der Waals surface area contributed by atoms with E-state index in [1.165, 1.54) is 0 Å². The van der Waals surface area contributed by atoms with Gasteiger partial charge in [-0.1, -0.05) is 36.4 Å². The average molecular weight is 343 g/mol. The molecule has 2 aromatic rings. The molecule has 7 heteroatoms. The Labute approximate surface area is 146 Å². The molecule has 0 bridgehead atoms. The van der Waals surface area contributed by atoms with E-state index in [4.69, 9.17) is 9.47 Å². The number of hydrogen-bond acceptors (Lipinski definition) is 5. The first-order chi connectivity index (χ1) is 12.2. The summed E-state index contributed by atoms with van der Waals surface area (Å²) < 4.78 is 10.2. The highest BCUT2D eigenvalue weighted by molar-refractivity contribution is 5.70. The Bertz CT molecular complexity index is 592. The highest BCUT2D eigenvalue weighted by atomic mass is 16.6. The van der Waals surface area contributed by atoms with Crippen LogP contribution in [0.3, 0.4) is 0 Å². The lowest BCUT2D eigenvalue weighted by atomic mass is 10.3. The lowest BCUT2D eigenvalue weighted by Crippen LogP contribution is -2.37.